The maximum absolute atomic E-state index is 11.8. The zero-order valence-corrected chi connectivity index (χ0v) is 10.8. The Labute approximate surface area is 107 Å². The first kappa shape index (κ1) is 12.1. The van der Waals surface area contributed by atoms with Crippen molar-refractivity contribution in [2.45, 2.75) is 12.8 Å². The number of benzene rings is 1. The molecule has 1 aliphatic rings. The van der Waals surface area contributed by atoms with Crippen LogP contribution in [0, 0.1) is 0 Å². The lowest BCUT2D eigenvalue weighted by molar-refractivity contribution is -0.149. The molecule has 90 valence electrons. The van der Waals surface area contributed by atoms with Gasteiger partial charge >= 0.3 is 5.97 Å². The molecule has 1 heterocycles. The van der Waals surface area contributed by atoms with Crippen molar-refractivity contribution < 1.29 is 19.1 Å². The van der Waals surface area contributed by atoms with Gasteiger partial charge in [0.25, 0.3) is 0 Å². The second-order valence-electron chi connectivity index (χ2n) is 3.60. The smallest absolute Gasteiger partial charge is 0.321 e. The summed E-state index contributed by atoms with van der Waals surface area (Å²) >= 11 is 3.33. The van der Waals surface area contributed by atoms with Crippen molar-refractivity contribution in [1.29, 1.82) is 0 Å². The molecule has 1 atom stereocenters. The molecule has 0 aromatic heterocycles. The molecule has 0 N–H and O–H groups in total. The van der Waals surface area contributed by atoms with Gasteiger partial charge in [-0.2, -0.15) is 0 Å². The number of para-hydroxylation sites is 1. The summed E-state index contributed by atoms with van der Waals surface area (Å²) in [6.45, 7) is 1.87. The fourth-order valence-corrected chi connectivity index (χ4v) is 2.29. The van der Waals surface area contributed by atoms with E-state index in [2.05, 4.69) is 15.9 Å². The third-order valence-corrected chi connectivity index (χ3v) is 3.14. The summed E-state index contributed by atoms with van der Waals surface area (Å²) in [4.78, 5) is 23.5. The van der Waals surface area contributed by atoms with Gasteiger partial charge in [0.05, 0.1) is 11.1 Å². The lowest BCUT2D eigenvalue weighted by Crippen LogP contribution is -2.32. The van der Waals surface area contributed by atoms with E-state index in [0.717, 1.165) is 4.47 Å². The van der Waals surface area contributed by atoms with Gasteiger partial charge in [0.2, 0.25) is 0 Å². The lowest BCUT2D eigenvalue weighted by Gasteiger charge is -2.24. The average Bonchev–Trinajstić information content (AvgIpc) is 2.29. The van der Waals surface area contributed by atoms with Crippen LogP contribution in [0.1, 0.15) is 18.4 Å². The number of halogens is 1. The van der Waals surface area contributed by atoms with Gasteiger partial charge in [0.15, 0.2) is 5.78 Å². The average molecular weight is 299 g/mol. The summed E-state index contributed by atoms with van der Waals surface area (Å²) in [7, 11) is 0. The Balaban J connectivity index is 2.43. The van der Waals surface area contributed by atoms with Crippen LogP contribution in [0.3, 0.4) is 0 Å². The van der Waals surface area contributed by atoms with Crippen molar-refractivity contribution >= 4 is 27.7 Å². The molecule has 4 nitrogen and oxygen atoms in total. The molecule has 5 heteroatoms. The van der Waals surface area contributed by atoms with Crippen molar-refractivity contribution in [2.75, 3.05) is 13.2 Å². The van der Waals surface area contributed by atoms with Crippen LogP contribution in [0.25, 0.3) is 0 Å². The van der Waals surface area contributed by atoms with E-state index in [4.69, 9.17) is 9.47 Å². The molecule has 1 aromatic rings. The predicted molar refractivity (Wildman–Crippen MR) is 64.0 cm³/mol. The summed E-state index contributed by atoms with van der Waals surface area (Å²) in [5.74, 6) is -1.10. The van der Waals surface area contributed by atoms with E-state index in [-0.39, 0.29) is 19.0 Å². The predicted octanol–water partition coefficient (Wildman–Crippen LogP) is 2.06. The first-order valence-electron chi connectivity index (χ1n) is 5.25. The maximum atomic E-state index is 11.8. The van der Waals surface area contributed by atoms with Gasteiger partial charge < -0.3 is 9.47 Å². The van der Waals surface area contributed by atoms with Crippen molar-refractivity contribution in [3.63, 3.8) is 0 Å². The van der Waals surface area contributed by atoms with Crippen LogP contribution in [-0.2, 0) is 14.3 Å². The number of rotatable bonds is 2. The van der Waals surface area contributed by atoms with Gasteiger partial charge in [0.1, 0.15) is 18.3 Å². The number of hydrogen-bond acceptors (Lipinski definition) is 4. The summed E-state index contributed by atoms with van der Waals surface area (Å²) in [5.41, 5.74) is 0.564. The number of ketones is 1. The van der Waals surface area contributed by atoms with Crippen LogP contribution in [-0.4, -0.2) is 25.0 Å². The molecule has 0 amide bonds. The Morgan fingerprint density at radius 2 is 2.35 bits per heavy atom. The van der Waals surface area contributed by atoms with E-state index < -0.39 is 11.9 Å². The highest BCUT2D eigenvalue weighted by Crippen LogP contribution is 2.37. The van der Waals surface area contributed by atoms with Gasteiger partial charge in [-0.25, -0.2) is 0 Å². The number of esters is 1. The molecular formula is C12H11BrO4. The Bertz CT molecular complexity index is 470. The standard InChI is InChI=1S/C12H11BrO4/c1-2-16-12(15)10-7-4-3-5-8(13)11(7)17-6-9(10)14/h3-5,10H,2,6H2,1H3. The highest BCUT2D eigenvalue weighted by atomic mass is 79.9. The largest absolute Gasteiger partial charge is 0.484 e. The highest BCUT2D eigenvalue weighted by Gasteiger charge is 2.36. The number of ether oxygens (including phenoxy) is 2. The van der Waals surface area contributed by atoms with E-state index in [0.29, 0.717) is 11.3 Å². The van der Waals surface area contributed by atoms with E-state index >= 15 is 0 Å². The van der Waals surface area contributed by atoms with E-state index in [9.17, 15) is 9.59 Å². The van der Waals surface area contributed by atoms with Gasteiger partial charge in [-0.1, -0.05) is 12.1 Å². The monoisotopic (exact) mass is 298 g/mol. The summed E-state index contributed by atoms with van der Waals surface area (Å²) in [6, 6.07) is 5.27. The molecule has 0 spiro atoms. The van der Waals surface area contributed by atoms with Crippen LogP contribution in [0.2, 0.25) is 0 Å². The van der Waals surface area contributed by atoms with Gasteiger partial charge in [-0.05, 0) is 28.9 Å². The fraction of sp³-hybridized carbons (Fsp3) is 0.333. The third-order valence-electron chi connectivity index (χ3n) is 2.51. The zero-order valence-electron chi connectivity index (χ0n) is 9.23. The quantitative estimate of drug-likeness (QED) is 0.619. The van der Waals surface area contributed by atoms with Crippen LogP contribution >= 0.6 is 15.9 Å². The molecule has 1 unspecified atom stereocenters. The maximum Gasteiger partial charge on any atom is 0.321 e. The first-order chi connectivity index (χ1) is 8.15. The van der Waals surface area contributed by atoms with Gasteiger partial charge in [0, 0.05) is 5.56 Å². The number of carbonyl (C=O) groups excluding carboxylic acids is 2. The van der Waals surface area contributed by atoms with Crippen LogP contribution < -0.4 is 4.74 Å². The minimum Gasteiger partial charge on any atom is -0.484 e. The third kappa shape index (κ3) is 2.20. The molecule has 0 radical (unpaired) electrons. The fourth-order valence-electron chi connectivity index (χ4n) is 1.79. The molecule has 1 aromatic carbocycles. The molecule has 0 saturated carbocycles. The molecule has 1 aliphatic heterocycles. The van der Waals surface area contributed by atoms with Crippen molar-refractivity contribution in [3.05, 3.63) is 28.2 Å². The van der Waals surface area contributed by atoms with Crippen molar-refractivity contribution in [1.82, 2.24) is 0 Å². The number of hydrogen-bond donors (Lipinski definition) is 0. The van der Waals surface area contributed by atoms with Crippen LogP contribution in [0.4, 0.5) is 0 Å². The summed E-state index contributed by atoms with van der Waals surface area (Å²) in [6.07, 6.45) is 0. The van der Waals surface area contributed by atoms with Gasteiger partial charge in [-0.15, -0.1) is 0 Å². The normalized spacial score (nSPS) is 18.2. The number of Topliss-reactive ketones (excluding diaryl/α,β-unsaturated/α-hetero) is 1. The number of fused-ring (bicyclic) bond motifs is 1. The molecular weight excluding hydrogens is 288 g/mol. The molecule has 17 heavy (non-hydrogen) atoms. The molecule has 0 fully saturated rings. The Morgan fingerprint density at radius 3 is 3.06 bits per heavy atom. The summed E-state index contributed by atoms with van der Waals surface area (Å²) in [5, 5.41) is 0. The van der Waals surface area contributed by atoms with E-state index in [1.165, 1.54) is 0 Å². The second kappa shape index (κ2) is 4.87. The SMILES string of the molecule is CCOC(=O)C1C(=O)COc2c(Br)cccc21. The molecule has 0 bridgehead atoms. The Hall–Kier alpha value is -1.36. The molecule has 2 rings (SSSR count). The minimum absolute atomic E-state index is 0.0981. The zero-order chi connectivity index (χ0) is 12.4. The topological polar surface area (TPSA) is 52.6 Å². The summed E-state index contributed by atoms with van der Waals surface area (Å²) < 4.78 is 11.0. The Kier molecular flexibility index (Phi) is 3.47. The molecule has 0 saturated heterocycles. The van der Waals surface area contributed by atoms with Crippen molar-refractivity contribution in [3.8, 4) is 5.75 Å². The van der Waals surface area contributed by atoms with Gasteiger partial charge in [-0.3, -0.25) is 9.59 Å². The van der Waals surface area contributed by atoms with Crippen LogP contribution in [0.15, 0.2) is 22.7 Å². The second-order valence-corrected chi connectivity index (χ2v) is 4.45. The highest BCUT2D eigenvalue weighted by molar-refractivity contribution is 9.10. The van der Waals surface area contributed by atoms with Crippen molar-refractivity contribution in [2.24, 2.45) is 0 Å². The minimum atomic E-state index is -0.865. The first-order valence-corrected chi connectivity index (χ1v) is 6.05. The van der Waals surface area contributed by atoms with E-state index in [1.807, 2.05) is 0 Å². The Morgan fingerprint density at radius 1 is 1.59 bits per heavy atom. The van der Waals surface area contributed by atoms with Crippen LogP contribution in [0.5, 0.6) is 5.75 Å². The van der Waals surface area contributed by atoms with E-state index in [1.54, 1.807) is 25.1 Å². The number of carbonyl (C=O) groups is 2. The molecule has 0 aliphatic carbocycles. The lowest BCUT2D eigenvalue weighted by atomic mass is 9.92.